The molecule has 0 radical (unpaired) electrons. The third kappa shape index (κ3) is 3.27. The van der Waals surface area contributed by atoms with Crippen LogP contribution in [0, 0.1) is 5.92 Å². The van der Waals surface area contributed by atoms with Crippen molar-refractivity contribution in [1.82, 2.24) is 9.27 Å². The van der Waals surface area contributed by atoms with Crippen LogP contribution in [0.5, 0.6) is 0 Å². The monoisotopic (exact) mass is 240 g/mol. The molecule has 1 aliphatic rings. The molecule has 0 unspecified atom stereocenters. The van der Waals surface area contributed by atoms with Crippen molar-refractivity contribution in [3.8, 4) is 0 Å². The van der Waals surface area contributed by atoms with E-state index in [1.54, 1.807) is 11.5 Å². The molecule has 0 N–H and O–H groups in total. The summed E-state index contributed by atoms with van der Waals surface area (Å²) in [6.45, 7) is 9.33. The molecule has 0 amide bonds. The molecule has 0 saturated carbocycles. The van der Waals surface area contributed by atoms with Gasteiger partial charge >= 0.3 is 0 Å². The Morgan fingerprint density at radius 2 is 2.19 bits per heavy atom. The molecule has 0 spiro atoms. The average Bonchev–Trinajstić information content (AvgIpc) is 2.66. The first-order chi connectivity index (χ1) is 7.75. The minimum atomic E-state index is 0.708. The summed E-state index contributed by atoms with van der Waals surface area (Å²) in [5.41, 5.74) is 2.71. The SMILES string of the molecule is CC(C)Cc1csnc1CN1CCOCC1. The Morgan fingerprint density at radius 1 is 1.44 bits per heavy atom. The van der Waals surface area contributed by atoms with Gasteiger partial charge in [0.2, 0.25) is 0 Å². The molecule has 4 heteroatoms. The Hall–Kier alpha value is -0.450. The van der Waals surface area contributed by atoms with E-state index in [2.05, 4.69) is 28.5 Å². The lowest BCUT2D eigenvalue weighted by molar-refractivity contribution is 0.0336. The third-order valence-electron chi connectivity index (χ3n) is 2.83. The van der Waals surface area contributed by atoms with Gasteiger partial charge in [-0.3, -0.25) is 4.90 Å². The van der Waals surface area contributed by atoms with E-state index in [0.29, 0.717) is 5.92 Å². The molecule has 2 heterocycles. The molecular weight excluding hydrogens is 220 g/mol. The van der Waals surface area contributed by atoms with Gasteiger partial charge in [-0.2, -0.15) is 4.37 Å². The molecule has 0 aliphatic carbocycles. The van der Waals surface area contributed by atoms with Crippen molar-refractivity contribution in [2.24, 2.45) is 5.92 Å². The fourth-order valence-electron chi connectivity index (χ4n) is 1.99. The topological polar surface area (TPSA) is 25.4 Å². The predicted molar refractivity (Wildman–Crippen MR) is 66.8 cm³/mol. The van der Waals surface area contributed by atoms with Gasteiger partial charge in [-0.15, -0.1) is 0 Å². The van der Waals surface area contributed by atoms with Gasteiger partial charge in [0, 0.05) is 25.0 Å². The van der Waals surface area contributed by atoms with Crippen LogP contribution in [0.3, 0.4) is 0 Å². The van der Waals surface area contributed by atoms with Crippen LogP contribution in [0.2, 0.25) is 0 Å². The van der Waals surface area contributed by atoms with Crippen LogP contribution in [0.4, 0.5) is 0 Å². The lowest BCUT2D eigenvalue weighted by Crippen LogP contribution is -2.36. The normalized spacial score (nSPS) is 18.2. The van der Waals surface area contributed by atoms with E-state index in [9.17, 15) is 0 Å². The summed E-state index contributed by atoms with van der Waals surface area (Å²) in [6, 6.07) is 0. The highest BCUT2D eigenvalue weighted by Crippen LogP contribution is 2.17. The Balaban J connectivity index is 1.94. The zero-order valence-electron chi connectivity index (χ0n) is 10.1. The highest BCUT2D eigenvalue weighted by molar-refractivity contribution is 7.03. The van der Waals surface area contributed by atoms with Crippen molar-refractivity contribution in [3.63, 3.8) is 0 Å². The number of ether oxygens (including phenoxy) is 1. The molecule has 0 atom stereocenters. The molecule has 2 rings (SSSR count). The van der Waals surface area contributed by atoms with Gasteiger partial charge in [-0.1, -0.05) is 13.8 Å². The minimum Gasteiger partial charge on any atom is -0.379 e. The predicted octanol–water partition coefficient (Wildman–Crippen LogP) is 2.17. The van der Waals surface area contributed by atoms with Crippen molar-refractivity contribution in [3.05, 3.63) is 16.6 Å². The Labute approximate surface area is 102 Å². The van der Waals surface area contributed by atoms with Crippen LogP contribution in [0.15, 0.2) is 5.38 Å². The summed E-state index contributed by atoms with van der Waals surface area (Å²) in [4.78, 5) is 2.43. The molecule has 16 heavy (non-hydrogen) atoms. The zero-order valence-corrected chi connectivity index (χ0v) is 10.9. The van der Waals surface area contributed by atoms with Crippen LogP contribution >= 0.6 is 11.5 Å². The standard InChI is InChI=1S/C12H20N2OS/c1-10(2)7-11-9-16-13-12(11)8-14-3-5-15-6-4-14/h9-10H,3-8H2,1-2H3. The number of hydrogen-bond donors (Lipinski definition) is 0. The Bertz CT molecular complexity index is 319. The van der Waals surface area contributed by atoms with Gasteiger partial charge in [0.25, 0.3) is 0 Å². The van der Waals surface area contributed by atoms with Crippen LogP contribution in [-0.2, 0) is 17.7 Å². The molecule has 90 valence electrons. The van der Waals surface area contributed by atoms with E-state index in [0.717, 1.165) is 39.3 Å². The van der Waals surface area contributed by atoms with Crippen molar-refractivity contribution in [2.45, 2.75) is 26.8 Å². The molecule has 0 bridgehead atoms. The Morgan fingerprint density at radius 3 is 2.88 bits per heavy atom. The smallest absolute Gasteiger partial charge is 0.0714 e. The van der Waals surface area contributed by atoms with Gasteiger partial charge in [0.15, 0.2) is 0 Å². The van der Waals surface area contributed by atoms with Gasteiger partial charge < -0.3 is 4.74 Å². The van der Waals surface area contributed by atoms with Crippen molar-refractivity contribution < 1.29 is 4.74 Å². The minimum absolute atomic E-state index is 0.708. The molecule has 1 aliphatic heterocycles. The van der Waals surface area contributed by atoms with Gasteiger partial charge in [-0.25, -0.2) is 0 Å². The van der Waals surface area contributed by atoms with E-state index in [1.807, 2.05) is 0 Å². The maximum absolute atomic E-state index is 5.35. The first-order valence-corrected chi connectivity index (χ1v) is 6.81. The number of nitrogens with zero attached hydrogens (tertiary/aromatic N) is 2. The van der Waals surface area contributed by atoms with Gasteiger partial charge in [0.1, 0.15) is 0 Å². The number of aromatic nitrogens is 1. The summed E-state index contributed by atoms with van der Waals surface area (Å²) in [5.74, 6) is 0.708. The summed E-state index contributed by atoms with van der Waals surface area (Å²) in [7, 11) is 0. The molecule has 1 fully saturated rings. The van der Waals surface area contributed by atoms with Crippen molar-refractivity contribution >= 4 is 11.5 Å². The molecule has 3 nitrogen and oxygen atoms in total. The second-order valence-corrected chi connectivity index (χ2v) is 5.40. The lowest BCUT2D eigenvalue weighted by Gasteiger charge is -2.26. The average molecular weight is 240 g/mol. The summed E-state index contributed by atoms with van der Waals surface area (Å²) < 4.78 is 9.88. The molecule has 0 aromatic carbocycles. The van der Waals surface area contributed by atoms with Crippen LogP contribution in [0.25, 0.3) is 0 Å². The summed E-state index contributed by atoms with van der Waals surface area (Å²) >= 11 is 1.59. The van der Waals surface area contributed by atoms with Crippen LogP contribution in [0.1, 0.15) is 25.1 Å². The van der Waals surface area contributed by atoms with E-state index in [4.69, 9.17) is 4.74 Å². The molecular formula is C12H20N2OS. The fourth-order valence-corrected chi connectivity index (χ4v) is 2.70. The molecule has 1 saturated heterocycles. The second-order valence-electron chi connectivity index (χ2n) is 4.77. The quantitative estimate of drug-likeness (QED) is 0.806. The number of morpholine rings is 1. The molecule has 1 aromatic heterocycles. The Kier molecular flexibility index (Phi) is 4.32. The number of hydrogen-bond acceptors (Lipinski definition) is 4. The number of rotatable bonds is 4. The largest absolute Gasteiger partial charge is 0.379 e. The first kappa shape index (κ1) is 12.0. The molecule has 1 aromatic rings. The highest BCUT2D eigenvalue weighted by Gasteiger charge is 2.14. The second kappa shape index (κ2) is 5.75. The highest BCUT2D eigenvalue weighted by atomic mass is 32.1. The van der Waals surface area contributed by atoms with E-state index < -0.39 is 0 Å². The van der Waals surface area contributed by atoms with Gasteiger partial charge in [-0.05, 0) is 29.4 Å². The van der Waals surface area contributed by atoms with Crippen LogP contribution < -0.4 is 0 Å². The maximum Gasteiger partial charge on any atom is 0.0714 e. The lowest BCUT2D eigenvalue weighted by atomic mass is 10.0. The van der Waals surface area contributed by atoms with E-state index in [-0.39, 0.29) is 0 Å². The van der Waals surface area contributed by atoms with Crippen molar-refractivity contribution in [1.29, 1.82) is 0 Å². The summed E-state index contributed by atoms with van der Waals surface area (Å²) in [5, 5.41) is 2.20. The van der Waals surface area contributed by atoms with Crippen molar-refractivity contribution in [2.75, 3.05) is 26.3 Å². The zero-order chi connectivity index (χ0) is 11.4. The first-order valence-electron chi connectivity index (χ1n) is 5.98. The van der Waals surface area contributed by atoms with Gasteiger partial charge in [0.05, 0.1) is 18.9 Å². The van der Waals surface area contributed by atoms with E-state index in [1.165, 1.54) is 11.3 Å². The third-order valence-corrected chi connectivity index (χ3v) is 3.55. The maximum atomic E-state index is 5.35. The van der Waals surface area contributed by atoms with E-state index >= 15 is 0 Å². The summed E-state index contributed by atoms with van der Waals surface area (Å²) in [6.07, 6.45) is 1.15. The van der Waals surface area contributed by atoms with Crippen LogP contribution in [-0.4, -0.2) is 35.6 Å². The fraction of sp³-hybridized carbons (Fsp3) is 0.750.